The fourth-order valence-electron chi connectivity index (χ4n) is 6.88. The molecule has 2 aromatic heterocycles. The molecule has 7 rings (SSSR count). The van der Waals surface area contributed by atoms with Crippen LogP contribution in [-0.2, 0) is 26.3 Å². The van der Waals surface area contributed by atoms with Crippen LogP contribution in [-0.4, -0.2) is 105 Å². The minimum atomic E-state index is -1.03. The SMILES string of the molecule is CNC(=O)c1nnc(C2(C(N)=O)CC2)cc1Nc1cccc(-c2ncn(CCNCCCNc3cccc4c3C(=O)N(C3CCC(=O)NC3=O)C4=O)n2)c1OC. The fourth-order valence-corrected chi connectivity index (χ4v) is 6.88. The number of hydrogen-bond acceptors (Lipinski definition) is 14. The van der Waals surface area contributed by atoms with Gasteiger partial charge < -0.3 is 31.7 Å². The molecule has 1 saturated carbocycles. The number of hydrogen-bond donors (Lipinski definition) is 6. The Morgan fingerprint density at radius 2 is 1.75 bits per heavy atom. The van der Waals surface area contributed by atoms with E-state index in [0.29, 0.717) is 85.3 Å². The van der Waals surface area contributed by atoms with Crippen molar-refractivity contribution in [1.29, 1.82) is 0 Å². The summed E-state index contributed by atoms with van der Waals surface area (Å²) in [6.45, 7) is 2.25. The van der Waals surface area contributed by atoms with Crippen molar-refractivity contribution >= 4 is 52.5 Å². The number of amides is 6. The number of nitrogens with one attached hydrogen (secondary N) is 5. The second-order valence-electron chi connectivity index (χ2n) is 13.6. The highest BCUT2D eigenvalue weighted by Gasteiger charge is 2.52. The summed E-state index contributed by atoms with van der Waals surface area (Å²) >= 11 is 0. The lowest BCUT2D eigenvalue weighted by atomic mass is 10.0. The number of methoxy groups -OCH3 is 1. The van der Waals surface area contributed by atoms with E-state index in [-0.39, 0.29) is 29.7 Å². The summed E-state index contributed by atoms with van der Waals surface area (Å²) in [4.78, 5) is 80.7. The third kappa shape index (κ3) is 7.10. The van der Waals surface area contributed by atoms with Gasteiger partial charge >= 0.3 is 0 Å². The number of nitrogens with two attached hydrogens (primary N) is 1. The smallest absolute Gasteiger partial charge is 0.273 e. The third-order valence-electron chi connectivity index (χ3n) is 10.0. The fraction of sp³-hybridized carbons (Fsp3) is 0.351. The highest BCUT2D eigenvalue weighted by molar-refractivity contribution is 6.25. The summed E-state index contributed by atoms with van der Waals surface area (Å²) in [6.07, 6.45) is 3.56. The molecule has 1 aliphatic carbocycles. The summed E-state index contributed by atoms with van der Waals surface area (Å²) in [7, 11) is 3.00. The van der Waals surface area contributed by atoms with Gasteiger partial charge in [0.25, 0.3) is 17.7 Å². The first-order valence-corrected chi connectivity index (χ1v) is 18.1. The van der Waals surface area contributed by atoms with Crippen molar-refractivity contribution in [2.45, 2.75) is 50.1 Å². The highest BCUT2D eigenvalue weighted by atomic mass is 16.5. The number of carbonyl (C=O) groups excluding carboxylic acids is 6. The number of anilines is 3. The lowest BCUT2D eigenvalue weighted by Crippen LogP contribution is -2.54. The van der Waals surface area contributed by atoms with Gasteiger partial charge in [-0.25, -0.2) is 4.98 Å². The van der Waals surface area contributed by atoms with E-state index in [0.717, 1.165) is 4.90 Å². The first-order chi connectivity index (χ1) is 27.1. The van der Waals surface area contributed by atoms with Crippen LogP contribution in [0.4, 0.5) is 17.1 Å². The molecular weight excluding hydrogens is 724 g/mol. The van der Waals surface area contributed by atoms with Gasteiger partial charge in [0, 0.05) is 32.2 Å². The highest BCUT2D eigenvalue weighted by Crippen LogP contribution is 2.48. The largest absolute Gasteiger partial charge is 0.494 e. The molecule has 4 heterocycles. The number of para-hydroxylation sites is 1. The van der Waals surface area contributed by atoms with Crippen molar-refractivity contribution in [3.05, 3.63) is 71.3 Å². The number of imide groups is 2. The van der Waals surface area contributed by atoms with Crippen molar-refractivity contribution in [2.75, 3.05) is 44.4 Å². The minimum Gasteiger partial charge on any atom is -0.494 e. The molecule has 3 aliphatic rings. The van der Waals surface area contributed by atoms with E-state index in [4.69, 9.17) is 10.5 Å². The summed E-state index contributed by atoms with van der Waals surface area (Å²) in [5.74, 6) is -2.31. The van der Waals surface area contributed by atoms with Crippen molar-refractivity contribution in [3.63, 3.8) is 0 Å². The molecule has 1 saturated heterocycles. The van der Waals surface area contributed by atoms with Crippen LogP contribution in [0, 0.1) is 0 Å². The van der Waals surface area contributed by atoms with Gasteiger partial charge in [0.2, 0.25) is 17.7 Å². The predicted octanol–water partition coefficient (Wildman–Crippen LogP) is 0.857. The molecule has 2 fully saturated rings. The van der Waals surface area contributed by atoms with E-state index in [9.17, 15) is 28.8 Å². The summed E-state index contributed by atoms with van der Waals surface area (Å²) in [5, 5.41) is 27.5. The molecule has 0 radical (unpaired) electrons. The zero-order valence-corrected chi connectivity index (χ0v) is 30.7. The van der Waals surface area contributed by atoms with Crippen LogP contribution < -0.4 is 37.1 Å². The Morgan fingerprint density at radius 1 is 0.982 bits per heavy atom. The summed E-state index contributed by atoms with van der Waals surface area (Å²) in [6, 6.07) is 10.9. The molecular formula is C37H40N12O7. The van der Waals surface area contributed by atoms with Crippen LogP contribution in [0.15, 0.2) is 48.8 Å². The maximum atomic E-state index is 13.3. The standard InChI is InChI=1S/C37H40N12O7/c1-39-33(52)29-24(18-26(45-46-29)37(12-13-37)36(38)55)43-23-9-4-7-21(30(23)56-2)31-42-19-48(47-31)17-16-40-14-5-15-41-22-8-3-6-20-28(22)35(54)49(34(20)53)25-10-11-27(50)44-32(25)51/h3-4,6-9,18-19,25,40-41H,5,10-17H2,1-2H3,(H2,38,55)(H,39,52)(H,43,45)(H,44,50,51). The van der Waals surface area contributed by atoms with Gasteiger partial charge in [0.05, 0.1) is 52.8 Å². The number of fused-ring (bicyclic) bond motifs is 1. The van der Waals surface area contributed by atoms with Gasteiger partial charge in [-0.1, -0.05) is 12.1 Å². The van der Waals surface area contributed by atoms with Crippen LogP contribution in [0.2, 0.25) is 0 Å². The Balaban J connectivity index is 0.935. The molecule has 0 bridgehead atoms. The summed E-state index contributed by atoms with van der Waals surface area (Å²) < 4.78 is 7.49. The number of carbonyl (C=O) groups is 6. The molecule has 1 unspecified atom stereocenters. The molecule has 290 valence electrons. The quantitative estimate of drug-likeness (QED) is 0.0684. The van der Waals surface area contributed by atoms with Crippen molar-refractivity contribution in [1.82, 2.24) is 45.8 Å². The van der Waals surface area contributed by atoms with E-state index in [1.807, 2.05) is 6.07 Å². The third-order valence-corrected chi connectivity index (χ3v) is 10.0. The Hall–Kier alpha value is -6.76. The van der Waals surface area contributed by atoms with Crippen LogP contribution in [0.5, 0.6) is 5.75 Å². The molecule has 0 spiro atoms. The topological polar surface area (TPSA) is 258 Å². The molecule has 1 atom stereocenters. The average molecular weight is 765 g/mol. The van der Waals surface area contributed by atoms with E-state index in [1.54, 1.807) is 47.4 Å². The maximum absolute atomic E-state index is 13.3. The molecule has 7 N–H and O–H groups in total. The van der Waals surface area contributed by atoms with E-state index in [1.165, 1.54) is 14.2 Å². The molecule has 4 aromatic rings. The van der Waals surface area contributed by atoms with Crippen molar-refractivity contribution in [3.8, 4) is 17.1 Å². The Labute approximate surface area is 320 Å². The van der Waals surface area contributed by atoms with E-state index in [2.05, 4.69) is 46.9 Å². The first-order valence-electron chi connectivity index (χ1n) is 18.1. The number of ether oxygens (including phenoxy) is 1. The molecule has 2 aromatic carbocycles. The maximum Gasteiger partial charge on any atom is 0.273 e. The van der Waals surface area contributed by atoms with E-state index < -0.39 is 46.9 Å². The molecule has 19 nitrogen and oxygen atoms in total. The van der Waals surface area contributed by atoms with Crippen molar-refractivity contribution in [2.24, 2.45) is 5.73 Å². The second kappa shape index (κ2) is 15.5. The van der Waals surface area contributed by atoms with Gasteiger partial charge in [-0.3, -0.25) is 43.7 Å². The number of benzene rings is 2. The average Bonchev–Trinajstić information content (AvgIpc) is 3.82. The number of aromatic nitrogens is 5. The molecule has 56 heavy (non-hydrogen) atoms. The van der Waals surface area contributed by atoms with Gasteiger partial charge in [0.1, 0.15) is 12.4 Å². The number of rotatable bonds is 16. The zero-order chi connectivity index (χ0) is 39.6. The van der Waals surface area contributed by atoms with Crippen LogP contribution in [0.1, 0.15) is 69.0 Å². The lowest BCUT2D eigenvalue weighted by Gasteiger charge is -2.27. The minimum absolute atomic E-state index is 0.0307. The van der Waals surface area contributed by atoms with Gasteiger partial charge in [-0.2, -0.15) is 10.2 Å². The summed E-state index contributed by atoms with van der Waals surface area (Å²) in [5.41, 5.74) is 7.55. The molecule has 2 aliphatic heterocycles. The first kappa shape index (κ1) is 37.6. The van der Waals surface area contributed by atoms with Gasteiger partial charge in [-0.05, 0) is 62.6 Å². The lowest BCUT2D eigenvalue weighted by molar-refractivity contribution is -0.136. The Bertz CT molecular complexity index is 2250. The van der Waals surface area contributed by atoms with Gasteiger partial charge in [0.15, 0.2) is 17.3 Å². The van der Waals surface area contributed by atoms with Crippen LogP contribution >= 0.6 is 0 Å². The van der Waals surface area contributed by atoms with Gasteiger partial charge in [-0.15, -0.1) is 5.10 Å². The predicted molar refractivity (Wildman–Crippen MR) is 200 cm³/mol. The molecule has 6 amide bonds. The molecule has 19 heteroatoms. The zero-order valence-electron chi connectivity index (χ0n) is 30.7. The van der Waals surface area contributed by atoms with Crippen molar-refractivity contribution < 1.29 is 33.5 Å². The second-order valence-corrected chi connectivity index (χ2v) is 13.6. The Kier molecular flexibility index (Phi) is 10.4. The number of nitrogens with zero attached hydrogens (tertiary/aromatic N) is 6. The number of piperidine rings is 1. The van der Waals surface area contributed by atoms with Crippen LogP contribution in [0.3, 0.4) is 0 Å². The normalized spacial score (nSPS) is 17.0. The number of primary amides is 1. The Morgan fingerprint density at radius 3 is 2.46 bits per heavy atom. The van der Waals surface area contributed by atoms with E-state index >= 15 is 0 Å². The monoisotopic (exact) mass is 764 g/mol. The van der Waals surface area contributed by atoms with Crippen LogP contribution in [0.25, 0.3) is 11.4 Å².